The van der Waals surface area contributed by atoms with Crippen molar-refractivity contribution in [2.24, 2.45) is 7.05 Å². The van der Waals surface area contributed by atoms with E-state index in [9.17, 15) is 19.5 Å². The van der Waals surface area contributed by atoms with Gasteiger partial charge in [-0.15, -0.1) is 0 Å². The minimum absolute atomic E-state index is 0.104. The Kier molecular flexibility index (Phi) is 4.08. The normalized spacial score (nSPS) is 19.5. The quantitative estimate of drug-likeness (QED) is 0.800. The van der Waals surface area contributed by atoms with Crippen molar-refractivity contribution in [1.29, 1.82) is 0 Å². The summed E-state index contributed by atoms with van der Waals surface area (Å²) in [7, 11) is 1.63. The predicted octanol–water partition coefficient (Wildman–Crippen LogP) is -0.284. The number of hydrogen-bond donors (Lipinski definition) is 2. The molecular formula is C16H16N2O6. The van der Waals surface area contributed by atoms with E-state index >= 15 is 0 Å². The molecule has 24 heavy (non-hydrogen) atoms. The number of carbonyl (C=O) groups excluding carboxylic acids is 1. The minimum Gasteiger partial charge on any atom is -0.479 e. The summed E-state index contributed by atoms with van der Waals surface area (Å²) in [6.45, 7) is 0.334. The monoisotopic (exact) mass is 332 g/mol. The van der Waals surface area contributed by atoms with Crippen molar-refractivity contribution in [3.05, 3.63) is 40.7 Å². The summed E-state index contributed by atoms with van der Waals surface area (Å²) in [5, 5.41) is 19.3. The van der Waals surface area contributed by atoms with Gasteiger partial charge in [0.25, 0.3) is 11.5 Å². The molecule has 1 aromatic heterocycles. The number of morpholine rings is 1. The molecular weight excluding hydrogens is 316 g/mol. The number of hydrogen-bond acceptors (Lipinski definition) is 5. The first-order chi connectivity index (χ1) is 11.4. The number of carboxylic acid groups (broad SMARTS) is 1. The summed E-state index contributed by atoms with van der Waals surface area (Å²) in [6.07, 6.45) is -3.38. The molecule has 2 atom stereocenters. The van der Waals surface area contributed by atoms with Crippen LogP contribution in [0.25, 0.3) is 10.9 Å². The number of anilines is 1. The molecule has 1 saturated heterocycles. The van der Waals surface area contributed by atoms with Crippen LogP contribution in [0.4, 0.5) is 5.69 Å². The Morgan fingerprint density at radius 1 is 1.29 bits per heavy atom. The number of amides is 1. The number of nitrogens with zero attached hydrogens (tertiary/aromatic N) is 2. The fourth-order valence-electron chi connectivity index (χ4n) is 2.74. The number of pyridine rings is 1. The predicted molar refractivity (Wildman–Crippen MR) is 84.9 cm³/mol. The number of rotatable bonds is 3. The first-order valence-electron chi connectivity index (χ1n) is 7.34. The molecule has 2 heterocycles. The third-order valence-corrected chi connectivity index (χ3v) is 4.08. The zero-order valence-electron chi connectivity index (χ0n) is 12.9. The lowest BCUT2D eigenvalue weighted by Crippen LogP contribution is -2.54. The fourth-order valence-corrected chi connectivity index (χ4v) is 2.74. The van der Waals surface area contributed by atoms with Gasteiger partial charge >= 0.3 is 5.97 Å². The van der Waals surface area contributed by atoms with Crippen LogP contribution < -0.4 is 10.5 Å². The minimum atomic E-state index is -1.93. The van der Waals surface area contributed by atoms with E-state index in [1.807, 2.05) is 0 Å². The molecule has 0 spiro atoms. The number of carbonyl (C=O) groups is 2. The van der Waals surface area contributed by atoms with Crippen molar-refractivity contribution in [1.82, 2.24) is 4.57 Å². The third kappa shape index (κ3) is 2.66. The highest BCUT2D eigenvalue weighted by molar-refractivity contribution is 6.01. The number of aliphatic carboxylic acids is 1. The molecule has 1 aliphatic rings. The van der Waals surface area contributed by atoms with Gasteiger partial charge in [-0.25, -0.2) is 4.79 Å². The number of carboxylic acids is 1. The molecule has 1 aliphatic heterocycles. The van der Waals surface area contributed by atoms with Gasteiger partial charge in [0, 0.05) is 25.3 Å². The summed E-state index contributed by atoms with van der Waals surface area (Å²) in [4.78, 5) is 36.5. The average Bonchev–Trinajstić information content (AvgIpc) is 2.57. The molecule has 1 aromatic carbocycles. The van der Waals surface area contributed by atoms with Crippen molar-refractivity contribution in [2.75, 3.05) is 18.1 Å². The number of aryl methyl sites for hydroxylation is 1. The van der Waals surface area contributed by atoms with Gasteiger partial charge in [0.2, 0.25) is 0 Å². The van der Waals surface area contributed by atoms with Gasteiger partial charge in [-0.3, -0.25) is 9.59 Å². The van der Waals surface area contributed by atoms with Crippen molar-refractivity contribution in [2.45, 2.75) is 12.2 Å². The number of fused-ring (bicyclic) bond motifs is 1. The van der Waals surface area contributed by atoms with E-state index in [0.717, 1.165) is 5.39 Å². The van der Waals surface area contributed by atoms with E-state index in [2.05, 4.69) is 0 Å². The van der Waals surface area contributed by atoms with E-state index < -0.39 is 24.1 Å². The lowest BCUT2D eigenvalue weighted by molar-refractivity contribution is -0.163. The Hall–Kier alpha value is -2.71. The zero-order chi connectivity index (χ0) is 17.4. The SMILES string of the molecule is Cn1c(=O)ccc2ccc(N3CCO[C@H]([C@@H](O)C(=O)O)C3=O)cc21. The van der Waals surface area contributed by atoms with E-state index in [-0.39, 0.29) is 18.7 Å². The molecule has 1 fully saturated rings. The molecule has 2 aromatic rings. The van der Waals surface area contributed by atoms with Gasteiger partial charge < -0.3 is 24.4 Å². The second-order valence-corrected chi connectivity index (χ2v) is 5.54. The molecule has 2 N–H and O–H groups in total. The van der Waals surface area contributed by atoms with Crippen LogP contribution in [0, 0.1) is 0 Å². The third-order valence-electron chi connectivity index (χ3n) is 4.08. The highest BCUT2D eigenvalue weighted by Crippen LogP contribution is 2.24. The number of benzene rings is 1. The van der Waals surface area contributed by atoms with Gasteiger partial charge in [0.15, 0.2) is 12.2 Å². The van der Waals surface area contributed by atoms with E-state index in [0.29, 0.717) is 11.2 Å². The topological polar surface area (TPSA) is 109 Å². The van der Waals surface area contributed by atoms with Crippen LogP contribution in [0.2, 0.25) is 0 Å². The largest absolute Gasteiger partial charge is 0.479 e. The smallest absolute Gasteiger partial charge is 0.335 e. The number of aliphatic hydroxyl groups is 1. The molecule has 3 rings (SSSR count). The van der Waals surface area contributed by atoms with Crippen LogP contribution in [0.1, 0.15) is 0 Å². The Bertz CT molecular complexity index is 874. The van der Waals surface area contributed by atoms with E-state index in [4.69, 9.17) is 9.84 Å². The Labute approximate surface area is 136 Å². The molecule has 0 saturated carbocycles. The van der Waals surface area contributed by atoms with Gasteiger partial charge in [-0.05, 0) is 23.6 Å². The van der Waals surface area contributed by atoms with E-state index in [1.165, 1.54) is 15.5 Å². The van der Waals surface area contributed by atoms with Crippen molar-refractivity contribution >= 4 is 28.5 Å². The summed E-state index contributed by atoms with van der Waals surface area (Å²) in [5.74, 6) is -2.15. The second kappa shape index (κ2) is 6.06. The maximum Gasteiger partial charge on any atom is 0.335 e. The molecule has 0 unspecified atom stereocenters. The summed E-state index contributed by atoms with van der Waals surface area (Å²) < 4.78 is 6.58. The van der Waals surface area contributed by atoms with Crippen molar-refractivity contribution in [3.63, 3.8) is 0 Å². The van der Waals surface area contributed by atoms with E-state index in [1.54, 1.807) is 31.3 Å². The molecule has 0 radical (unpaired) electrons. The number of aliphatic hydroxyl groups excluding tert-OH is 1. The highest BCUT2D eigenvalue weighted by Gasteiger charge is 2.39. The standard InChI is InChI=1S/C16H16N2O6/c1-17-11-8-10(4-2-9(11)3-5-12(17)19)18-6-7-24-14(15(18)21)13(20)16(22)23/h2-5,8,13-14,20H,6-7H2,1H3,(H,22,23)/t13-,14-/m1/s1. The van der Waals surface area contributed by atoms with Gasteiger partial charge in [0.05, 0.1) is 12.1 Å². The van der Waals surface area contributed by atoms with Crippen LogP contribution in [-0.4, -0.2) is 52.0 Å². The maximum absolute atomic E-state index is 12.5. The van der Waals surface area contributed by atoms with Crippen LogP contribution in [0.3, 0.4) is 0 Å². The Morgan fingerprint density at radius 3 is 2.71 bits per heavy atom. The molecule has 0 aliphatic carbocycles. The molecule has 126 valence electrons. The van der Waals surface area contributed by atoms with Crippen LogP contribution in [-0.2, 0) is 21.4 Å². The zero-order valence-corrected chi connectivity index (χ0v) is 12.9. The molecule has 8 heteroatoms. The summed E-state index contributed by atoms with van der Waals surface area (Å²) in [6, 6.07) is 8.32. The van der Waals surface area contributed by atoms with Crippen LogP contribution in [0.15, 0.2) is 35.1 Å². The first kappa shape index (κ1) is 16.2. The average molecular weight is 332 g/mol. The van der Waals surface area contributed by atoms with Crippen molar-refractivity contribution in [3.8, 4) is 0 Å². The second-order valence-electron chi connectivity index (χ2n) is 5.54. The lowest BCUT2D eigenvalue weighted by atomic mass is 10.1. The van der Waals surface area contributed by atoms with Gasteiger partial charge in [0.1, 0.15) is 0 Å². The number of ether oxygens (including phenoxy) is 1. The Morgan fingerprint density at radius 2 is 2.00 bits per heavy atom. The molecule has 8 nitrogen and oxygen atoms in total. The first-order valence-corrected chi connectivity index (χ1v) is 7.34. The Balaban J connectivity index is 2.00. The molecule has 0 bridgehead atoms. The highest BCUT2D eigenvalue weighted by atomic mass is 16.5. The van der Waals surface area contributed by atoms with Crippen molar-refractivity contribution < 1.29 is 24.5 Å². The number of aromatic nitrogens is 1. The van der Waals surface area contributed by atoms with Crippen LogP contribution in [0.5, 0.6) is 0 Å². The fraction of sp³-hybridized carbons (Fsp3) is 0.312. The summed E-state index contributed by atoms with van der Waals surface area (Å²) >= 11 is 0. The maximum atomic E-state index is 12.5. The summed E-state index contributed by atoms with van der Waals surface area (Å²) in [5.41, 5.74) is 0.987. The van der Waals surface area contributed by atoms with Gasteiger partial charge in [-0.2, -0.15) is 0 Å². The van der Waals surface area contributed by atoms with Crippen LogP contribution >= 0.6 is 0 Å². The molecule has 1 amide bonds. The lowest BCUT2D eigenvalue weighted by Gasteiger charge is -2.33. The van der Waals surface area contributed by atoms with Gasteiger partial charge in [-0.1, -0.05) is 6.07 Å².